The van der Waals surface area contributed by atoms with Crippen LogP contribution in [0.15, 0.2) is 36.4 Å². The van der Waals surface area contributed by atoms with E-state index in [2.05, 4.69) is 64.2 Å². The third-order valence-electron chi connectivity index (χ3n) is 13.4. The molecule has 4 saturated carbocycles. The van der Waals surface area contributed by atoms with Crippen LogP contribution in [0.2, 0.25) is 0 Å². The third-order valence-corrected chi connectivity index (χ3v) is 13.4. The summed E-state index contributed by atoms with van der Waals surface area (Å²) >= 11 is 0. The van der Waals surface area contributed by atoms with Crippen LogP contribution < -0.4 is 5.32 Å². The van der Waals surface area contributed by atoms with Gasteiger partial charge in [-0.1, -0.05) is 78.1 Å². The van der Waals surface area contributed by atoms with Crippen LogP contribution in [-0.4, -0.2) is 11.1 Å². The van der Waals surface area contributed by atoms with Crippen molar-refractivity contribution in [3.63, 3.8) is 0 Å². The molecule has 0 aromatic heterocycles. The van der Waals surface area contributed by atoms with E-state index < -0.39 is 0 Å². The summed E-state index contributed by atoms with van der Waals surface area (Å²) in [5.74, 6) is 6.92. The highest BCUT2D eigenvalue weighted by atomic mass is 16.3. The van der Waals surface area contributed by atoms with E-state index in [0.717, 1.165) is 58.9 Å². The molecule has 0 bridgehead atoms. The minimum Gasteiger partial charge on any atom is -0.508 e. The Balaban J connectivity index is 1.08. The fourth-order valence-electron chi connectivity index (χ4n) is 11.1. The van der Waals surface area contributed by atoms with Gasteiger partial charge in [0.05, 0.1) is 0 Å². The number of hydrogen-bond donors (Lipinski definition) is 2. The molecule has 4 aliphatic rings. The third kappa shape index (κ3) is 5.14. The van der Waals surface area contributed by atoms with Gasteiger partial charge in [0, 0.05) is 18.2 Å². The largest absolute Gasteiger partial charge is 0.508 e. The van der Waals surface area contributed by atoms with E-state index in [1.54, 1.807) is 0 Å². The summed E-state index contributed by atoms with van der Waals surface area (Å²) in [7, 11) is 0. The lowest BCUT2D eigenvalue weighted by atomic mass is 9.44. The molecule has 0 radical (unpaired) electrons. The number of aromatic hydroxyl groups is 1. The zero-order valence-electron chi connectivity index (χ0n) is 26.2. The molecule has 4 fully saturated rings. The van der Waals surface area contributed by atoms with Crippen LogP contribution in [0.4, 0.5) is 0 Å². The first-order valence-electron chi connectivity index (χ1n) is 17.1. The van der Waals surface area contributed by atoms with Crippen LogP contribution in [0.25, 0.3) is 10.8 Å². The number of phenolic OH excluding ortho intramolecular Hbond substituents is 1. The topological polar surface area (TPSA) is 32.3 Å². The van der Waals surface area contributed by atoms with E-state index in [9.17, 15) is 5.11 Å². The van der Waals surface area contributed by atoms with Crippen LogP contribution >= 0.6 is 0 Å². The molecule has 6 rings (SSSR count). The molecule has 0 saturated heterocycles. The normalized spacial score (nSPS) is 38.1. The minimum atomic E-state index is 0.432. The van der Waals surface area contributed by atoms with Crippen LogP contribution in [0, 0.1) is 52.3 Å². The molecule has 0 spiro atoms. The number of nitrogens with one attached hydrogen (secondary N) is 1. The summed E-state index contributed by atoms with van der Waals surface area (Å²) in [5.41, 5.74) is 2.17. The van der Waals surface area contributed by atoms with E-state index >= 15 is 0 Å². The molecule has 2 aromatic carbocycles. The average molecular weight is 544 g/mol. The first kappa shape index (κ1) is 28.6. The monoisotopic (exact) mass is 543 g/mol. The molecular formula is C38H57NO. The summed E-state index contributed by atoms with van der Waals surface area (Å²) in [5, 5.41) is 16.9. The SMILES string of the molecule is CC(C)CCCC(C)[C@H]1CCC2C3CCC4C[C@H](NCc5cc6ccccc6cc5O)CC[C@]4(C)C3CC[C@@]21C. The Morgan fingerprint density at radius 1 is 0.850 bits per heavy atom. The lowest BCUT2D eigenvalue weighted by Crippen LogP contribution is -2.55. The fourth-order valence-corrected chi connectivity index (χ4v) is 11.1. The Hall–Kier alpha value is -1.54. The zero-order chi connectivity index (χ0) is 28.1. The van der Waals surface area contributed by atoms with Crippen molar-refractivity contribution in [2.24, 2.45) is 52.3 Å². The summed E-state index contributed by atoms with van der Waals surface area (Å²) in [6.45, 7) is 13.6. The molecule has 2 nitrogen and oxygen atoms in total. The van der Waals surface area contributed by atoms with Crippen molar-refractivity contribution in [1.29, 1.82) is 0 Å². The standard InChI is InChI=1S/C38H57NO/c1-25(2)9-8-10-26(3)33-15-16-34-32-14-13-30-23-31(17-19-37(30,4)35(32)18-20-38(33,34)5)39-24-29-21-27-11-6-7-12-28(27)22-36(29)40/h6-7,11-12,21-22,25-26,30-35,39-40H,8-10,13-20,23-24H2,1-5H3/t26?,30?,31-,32?,33-,34?,35?,37+,38-/m1/s1. The van der Waals surface area contributed by atoms with Gasteiger partial charge in [-0.3, -0.25) is 0 Å². The van der Waals surface area contributed by atoms with E-state index in [0.29, 0.717) is 22.6 Å². The molecule has 0 heterocycles. The second-order valence-electron chi connectivity index (χ2n) is 15.9. The zero-order valence-corrected chi connectivity index (χ0v) is 26.2. The van der Waals surface area contributed by atoms with Gasteiger partial charge in [0.2, 0.25) is 0 Å². The molecule has 220 valence electrons. The van der Waals surface area contributed by atoms with E-state index in [-0.39, 0.29) is 0 Å². The van der Waals surface area contributed by atoms with Gasteiger partial charge in [-0.2, -0.15) is 0 Å². The Kier molecular flexibility index (Phi) is 8.05. The van der Waals surface area contributed by atoms with Gasteiger partial charge in [0.25, 0.3) is 0 Å². The van der Waals surface area contributed by atoms with Gasteiger partial charge in [-0.25, -0.2) is 0 Å². The minimum absolute atomic E-state index is 0.432. The van der Waals surface area contributed by atoms with Crippen molar-refractivity contribution in [3.05, 3.63) is 42.0 Å². The molecule has 40 heavy (non-hydrogen) atoms. The maximum atomic E-state index is 10.7. The summed E-state index contributed by atoms with van der Waals surface area (Å²) in [4.78, 5) is 0. The highest BCUT2D eigenvalue weighted by Crippen LogP contribution is 2.68. The second kappa shape index (κ2) is 11.3. The average Bonchev–Trinajstić information content (AvgIpc) is 3.29. The first-order chi connectivity index (χ1) is 19.2. The van der Waals surface area contributed by atoms with E-state index in [1.807, 2.05) is 12.1 Å². The molecule has 4 aliphatic carbocycles. The summed E-state index contributed by atoms with van der Waals surface area (Å²) in [6, 6.07) is 13.1. The quantitative estimate of drug-likeness (QED) is 0.347. The Bertz CT molecular complexity index is 1170. The van der Waals surface area contributed by atoms with Crippen molar-refractivity contribution in [3.8, 4) is 5.75 Å². The van der Waals surface area contributed by atoms with E-state index in [1.165, 1.54) is 82.4 Å². The van der Waals surface area contributed by atoms with Gasteiger partial charge in [-0.05, 0) is 133 Å². The number of rotatable bonds is 8. The molecular weight excluding hydrogens is 486 g/mol. The van der Waals surface area contributed by atoms with Gasteiger partial charge in [0.1, 0.15) is 5.75 Å². The number of phenols is 1. The molecule has 2 aromatic rings. The van der Waals surface area contributed by atoms with Gasteiger partial charge in [0.15, 0.2) is 0 Å². The molecule has 2 heteroatoms. The Morgan fingerprint density at radius 2 is 1.57 bits per heavy atom. The maximum absolute atomic E-state index is 10.7. The van der Waals surface area contributed by atoms with Crippen LogP contribution in [-0.2, 0) is 6.54 Å². The van der Waals surface area contributed by atoms with Gasteiger partial charge >= 0.3 is 0 Å². The van der Waals surface area contributed by atoms with Gasteiger partial charge < -0.3 is 10.4 Å². The lowest BCUT2D eigenvalue weighted by Gasteiger charge is -2.61. The van der Waals surface area contributed by atoms with Crippen LogP contribution in [0.5, 0.6) is 5.75 Å². The van der Waals surface area contributed by atoms with Crippen molar-refractivity contribution in [2.75, 3.05) is 0 Å². The Labute approximate surface area is 245 Å². The Morgan fingerprint density at radius 3 is 2.35 bits per heavy atom. The number of benzene rings is 2. The maximum Gasteiger partial charge on any atom is 0.120 e. The molecule has 0 amide bonds. The molecule has 5 unspecified atom stereocenters. The van der Waals surface area contributed by atoms with Crippen molar-refractivity contribution < 1.29 is 5.11 Å². The van der Waals surface area contributed by atoms with Crippen molar-refractivity contribution in [2.45, 2.75) is 124 Å². The highest BCUT2D eigenvalue weighted by molar-refractivity contribution is 5.84. The van der Waals surface area contributed by atoms with E-state index in [4.69, 9.17) is 0 Å². The second-order valence-corrected chi connectivity index (χ2v) is 15.9. The first-order valence-corrected chi connectivity index (χ1v) is 17.1. The number of fused-ring (bicyclic) bond motifs is 6. The lowest BCUT2D eigenvalue weighted by molar-refractivity contribution is -0.118. The molecule has 0 aliphatic heterocycles. The van der Waals surface area contributed by atoms with Crippen molar-refractivity contribution >= 4 is 10.8 Å². The summed E-state index contributed by atoms with van der Waals surface area (Å²) < 4.78 is 0. The van der Waals surface area contributed by atoms with Crippen LogP contribution in [0.1, 0.15) is 117 Å². The summed E-state index contributed by atoms with van der Waals surface area (Å²) in [6.07, 6.45) is 17.2. The fraction of sp³-hybridized carbons (Fsp3) is 0.737. The predicted molar refractivity (Wildman–Crippen MR) is 169 cm³/mol. The molecule has 9 atom stereocenters. The van der Waals surface area contributed by atoms with Crippen molar-refractivity contribution in [1.82, 2.24) is 5.32 Å². The predicted octanol–water partition coefficient (Wildman–Crippen LogP) is 10.1. The molecule has 2 N–H and O–H groups in total. The number of hydrogen-bond acceptors (Lipinski definition) is 2. The van der Waals surface area contributed by atoms with Crippen LogP contribution in [0.3, 0.4) is 0 Å². The van der Waals surface area contributed by atoms with Gasteiger partial charge in [-0.15, -0.1) is 0 Å². The highest BCUT2D eigenvalue weighted by Gasteiger charge is 2.60. The smallest absolute Gasteiger partial charge is 0.120 e.